The Hall–Kier alpha value is -1.40. The second-order valence-electron chi connectivity index (χ2n) is 7.70. The molecule has 30 heavy (non-hydrogen) atoms. The van der Waals surface area contributed by atoms with Crippen molar-refractivity contribution < 1.29 is 9.53 Å². The minimum Gasteiger partial charge on any atom is -0.378 e. The van der Waals surface area contributed by atoms with Crippen LogP contribution in [0.25, 0.3) is 0 Å². The monoisotopic (exact) mass is 533 g/mol. The van der Waals surface area contributed by atoms with E-state index in [9.17, 15) is 4.79 Å². The lowest BCUT2D eigenvalue weighted by atomic mass is 10.2. The summed E-state index contributed by atoms with van der Waals surface area (Å²) in [5.74, 6) is 1.15. The van der Waals surface area contributed by atoms with E-state index < -0.39 is 0 Å². The number of morpholine rings is 1. The molecule has 1 N–H and O–H groups in total. The maximum atomic E-state index is 12.5. The summed E-state index contributed by atoms with van der Waals surface area (Å²) in [5.41, 5.74) is 3.39. The number of aliphatic imine (C=N–C) groups is 1. The van der Waals surface area contributed by atoms with Crippen molar-refractivity contribution in [3.63, 3.8) is 0 Å². The number of carbonyl (C=O) groups excluding carboxylic acids is 1. The average Bonchev–Trinajstić information content (AvgIpc) is 2.98. The smallest absolute Gasteiger partial charge is 0.236 e. The number of hydrogen-bond acceptors (Lipinski definition) is 5. The molecule has 3 heterocycles. The molecule has 9 nitrogen and oxygen atoms in total. The Morgan fingerprint density at radius 2 is 1.77 bits per heavy atom. The third-order valence-electron chi connectivity index (χ3n) is 5.78. The maximum absolute atomic E-state index is 12.5. The molecular weight excluding hydrogens is 497 g/mol. The van der Waals surface area contributed by atoms with Crippen LogP contribution in [-0.2, 0) is 23.1 Å². The quantitative estimate of drug-likeness (QED) is 0.340. The fraction of sp³-hybridized carbons (Fsp3) is 0.750. The zero-order valence-electron chi connectivity index (χ0n) is 18.7. The Morgan fingerprint density at radius 3 is 2.33 bits per heavy atom. The zero-order valence-corrected chi connectivity index (χ0v) is 21.0. The van der Waals surface area contributed by atoms with Crippen LogP contribution in [0.1, 0.15) is 23.9 Å². The first-order valence-corrected chi connectivity index (χ1v) is 10.6. The predicted molar refractivity (Wildman–Crippen MR) is 128 cm³/mol. The number of ether oxygens (including phenoxy) is 1. The van der Waals surface area contributed by atoms with Crippen LogP contribution >= 0.6 is 24.0 Å². The molecule has 170 valence electrons. The van der Waals surface area contributed by atoms with Gasteiger partial charge in [-0.2, -0.15) is 5.10 Å². The molecule has 0 bridgehead atoms. The lowest BCUT2D eigenvalue weighted by molar-refractivity contribution is -0.136. The highest BCUT2D eigenvalue weighted by molar-refractivity contribution is 14.0. The predicted octanol–water partition coefficient (Wildman–Crippen LogP) is 0.597. The number of nitrogens with one attached hydrogen (secondary N) is 1. The van der Waals surface area contributed by atoms with Gasteiger partial charge in [-0.05, 0) is 20.8 Å². The van der Waals surface area contributed by atoms with E-state index in [0.717, 1.165) is 50.1 Å². The Balaban J connectivity index is 0.00000320. The van der Waals surface area contributed by atoms with Crippen molar-refractivity contribution in [1.82, 2.24) is 29.8 Å². The fourth-order valence-electron chi connectivity index (χ4n) is 3.85. The summed E-state index contributed by atoms with van der Waals surface area (Å²) in [6, 6.07) is 0. The van der Waals surface area contributed by atoms with E-state index in [1.54, 1.807) is 0 Å². The molecule has 0 atom stereocenters. The summed E-state index contributed by atoms with van der Waals surface area (Å²) in [6.45, 7) is 14.4. The molecule has 2 aliphatic rings. The van der Waals surface area contributed by atoms with Crippen LogP contribution in [0.15, 0.2) is 4.99 Å². The van der Waals surface area contributed by atoms with E-state index in [-0.39, 0.29) is 29.9 Å². The Kier molecular flexibility index (Phi) is 9.82. The highest BCUT2D eigenvalue weighted by Gasteiger charge is 2.24. The number of amides is 1. The van der Waals surface area contributed by atoms with Crippen LogP contribution in [0.3, 0.4) is 0 Å². The topological polar surface area (TPSA) is 78.2 Å². The van der Waals surface area contributed by atoms with Gasteiger partial charge in [0, 0.05) is 64.1 Å². The highest BCUT2D eigenvalue weighted by atomic mass is 127. The van der Waals surface area contributed by atoms with E-state index in [2.05, 4.69) is 34.1 Å². The number of aryl methyl sites for hydroxylation is 2. The van der Waals surface area contributed by atoms with Gasteiger partial charge in [0.15, 0.2) is 5.96 Å². The van der Waals surface area contributed by atoms with Crippen LogP contribution < -0.4 is 5.32 Å². The highest BCUT2D eigenvalue weighted by Crippen LogP contribution is 2.13. The van der Waals surface area contributed by atoms with E-state index in [0.29, 0.717) is 39.4 Å². The van der Waals surface area contributed by atoms with Crippen molar-refractivity contribution in [3.8, 4) is 0 Å². The number of hydrogen-bond donors (Lipinski definition) is 1. The molecule has 10 heteroatoms. The van der Waals surface area contributed by atoms with Crippen molar-refractivity contribution in [2.45, 2.75) is 27.3 Å². The third kappa shape index (κ3) is 6.30. The fourth-order valence-corrected chi connectivity index (χ4v) is 3.85. The van der Waals surface area contributed by atoms with Gasteiger partial charge in [0.05, 0.1) is 32.0 Å². The van der Waals surface area contributed by atoms with Crippen molar-refractivity contribution in [2.75, 3.05) is 65.6 Å². The molecule has 1 amide bonds. The van der Waals surface area contributed by atoms with Crippen molar-refractivity contribution >= 4 is 35.8 Å². The molecule has 0 unspecified atom stereocenters. The molecule has 0 radical (unpaired) electrons. The molecule has 0 spiro atoms. The van der Waals surface area contributed by atoms with Crippen LogP contribution in [0, 0.1) is 13.8 Å². The summed E-state index contributed by atoms with van der Waals surface area (Å²) in [6.07, 6.45) is 0. The summed E-state index contributed by atoms with van der Waals surface area (Å²) in [5, 5.41) is 7.90. The minimum atomic E-state index is 0. The van der Waals surface area contributed by atoms with Gasteiger partial charge >= 0.3 is 0 Å². The second-order valence-corrected chi connectivity index (χ2v) is 7.70. The maximum Gasteiger partial charge on any atom is 0.236 e. The van der Waals surface area contributed by atoms with Gasteiger partial charge in [0.25, 0.3) is 0 Å². The molecule has 3 rings (SSSR count). The van der Waals surface area contributed by atoms with Crippen molar-refractivity contribution in [2.24, 2.45) is 12.0 Å². The number of aromatic nitrogens is 2. The molecule has 2 aliphatic heterocycles. The molecule has 0 aromatic carbocycles. The number of nitrogens with zero attached hydrogens (tertiary/aromatic N) is 6. The van der Waals surface area contributed by atoms with E-state index in [1.807, 2.05) is 23.6 Å². The summed E-state index contributed by atoms with van der Waals surface area (Å²) < 4.78 is 7.25. The van der Waals surface area contributed by atoms with E-state index >= 15 is 0 Å². The molecule has 2 fully saturated rings. The molecule has 2 saturated heterocycles. The SMILES string of the molecule is CCNC(=NCc1c(C)nn(C)c1C)N1CCN(CC(=O)N2CCOCC2)CC1.I. The number of halogens is 1. The van der Waals surface area contributed by atoms with Gasteiger partial charge in [-0.15, -0.1) is 24.0 Å². The lowest BCUT2D eigenvalue weighted by Gasteiger charge is -2.37. The first-order valence-electron chi connectivity index (χ1n) is 10.6. The normalized spacial score (nSPS) is 18.3. The lowest BCUT2D eigenvalue weighted by Crippen LogP contribution is -2.54. The van der Waals surface area contributed by atoms with Crippen LogP contribution in [0.2, 0.25) is 0 Å². The molecular formula is C20H36IN7O2. The van der Waals surface area contributed by atoms with E-state index in [1.165, 1.54) is 5.56 Å². The molecule has 1 aromatic heterocycles. The number of rotatable bonds is 5. The third-order valence-corrected chi connectivity index (χ3v) is 5.78. The van der Waals surface area contributed by atoms with Crippen LogP contribution in [-0.4, -0.2) is 102 Å². The average molecular weight is 533 g/mol. The van der Waals surface area contributed by atoms with Crippen molar-refractivity contribution in [3.05, 3.63) is 17.0 Å². The van der Waals surface area contributed by atoms with Gasteiger partial charge in [-0.1, -0.05) is 0 Å². The molecule has 0 aliphatic carbocycles. The summed E-state index contributed by atoms with van der Waals surface area (Å²) >= 11 is 0. The van der Waals surface area contributed by atoms with Crippen LogP contribution in [0.5, 0.6) is 0 Å². The molecule has 1 aromatic rings. The van der Waals surface area contributed by atoms with Crippen LogP contribution in [0.4, 0.5) is 0 Å². The Bertz CT molecular complexity index is 723. The first kappa shape index (κ1) is 24.9. The second kappa shape index (κ2) is 11.8. The summed E-state index contributed by atoms with van der Waals surface area (Å²) in [4.78, 5) is 23.8. The zero-order chi connectivity index (χ0) is 20.8. The van der Waals surface area contributed by atoms with Crippen molar-refractivity contribution in [1.29, 1.82) is 0 Å². The largest absolute Gasteiger partial charge is 0.378 e. The van der Waals surface area contributed by atoms with Gasteiger partial charge in [0.2, 0.25) is 5.91 Å². The molecule has 0 saturated carbocycles. The van der Waals surface area contributed by atoms with Gasteiger partial charge < -0.3 is 19.9 Å². The number of guanidine groups is 1. The first-order chi connectivity index (χ1) is 14.0. The van der Waals surface area contributed by atoms with E-state index in [4.69, 9.17) is 9.73 Å². The van der Waals surface area contributed by atoms with Gasteiger partial charge in [-0.25, -0.2) is 4.99 Å². The summed E-state index contributed by atoms with van der Waals surface area (Å²) in [7, 11) is 1.97. The number of carbonyl (C=O) groups is 1. The van der Waals surface area contributed by atoms with Gasteiger partial charge in [-0.3, -0.25) is 14.4 Å². The Labute approximate surface area is 196 Å². The number of piperazine rings is 1. The van der Waals surface area contributed by atoms with Gasteiger partial charge in [0.1, 0.15) is 0 Å². The standard InChI is InChI=1S/C20H35N7O2.HI/c1-5-21-20(22-14-18-16(2)23-24(4)17(18)3)27-8-6-25(7-9-27)15-19(28)26-10-12-29-13-11-26;/h5-15H2,1-4H3,(H,21,22);1H. The Morgan fingerprint density at radius 1 is 1.10 bits per heavy atom. The minimum absolute atomic E-state index is 0.